The van der Waals surface area contributed by atoms with E-state index in [1.54, 1.807) is 0 Å². The van der Waals surface area contributed by atoms with Gasteiger partial charge in [-0.05, 0) is 30.5 Å². The minimum absolute atomic E-state index is 0.0395. The van der Waals surface area contributed by atoms with Crippen LogP contribution in [0.15, 0.2) is 47.2 Å². The summed E-state index contributed by atoms with van der Waals surface area (Å²) < 4.78 is 1.22. The maximum Gasteiger partial charge on any atom is 0.148 e. The molecule has 2 bridgehead atoms. The lowest BCUT2D eigenvalue weighted by atomic mass is 9.61. The van der Waals surface area contributed by atoms with Gasteiger partial charge in [0.05, 0.1) is 18.5 Å². The number of hydrogen-bond acceptors (Lipinski definition) is 2. The van der Waals surface area contributed by atoms with Crippen molar-refractivity contribution in [2.24, 2.45) is 5.92 Å². The van der Waals surface area contributed by atoms with E-state index in [9.17, 15) is 4.79 Å². The van der Waals surface area contributed by atoms with Gasteiger partial charge in [-0.3, -0.25) is 4.79 Å². The topological polar surface area (TPSA) is 29.1 Å². The number of benzene rings is 1. The van der Waals surface area contributed by atoms with E-state index in [-0.39, 0.29) is 5.41 Å². The van der Waals surface area contributed by atoms with Crippen LogP contribution in [-0.4, -0.2) is 36.4 Å². The Bertz CT molecular complexity index is 823. The molecule has 2 fully saturated rings. The lowest BCUT2D eigenvalue weighted by Gasteiger charge is -2.53. The van der Waals surface area contributed by atoms with Gasteiger partial charge in [0.15, 0.2) is 0 Å². The standard InChI is InChI=1S/C22H26N2O/c1-3-10-24-11-9-22-18-7-5-6-8-19(18)23-21(22)17(14-25)16(12-20(22)24)15(4-2)13-24/h4-8,14,16,20H,3,9-13H2,1-2H3/p+1/b15-4-/t16-,20-,22+,24-/m0/s1. The van der Waals surface area contributed by atoms with E-state index in [2.05, 4.69) is 49.5 Å². The highest BCUT2D eigenvalue weighted by atomic mass is 16.1. The number of fused-ring (bicyclic) bond motifs is 2. The number of allylic oxidation sites excluding steroid dienone is 2. The number of carbonyl (C=O) groups is 1. The van der Waals surface area contributed by atoms with Gasteiger partial charge in [0.1, 0.15) is 18.9 Å². The van der Waals surface area contributed by atoms with Crippen molar-refractivity contribution in [3.05, 3.63) is 52.7 Å². The Morgan fingerprint density at radius 1 is 1.36 bits per heavy atom. The average Bonchev–Trinajstić information content (AvgIpc) is 3.16. The molecule has 4 atom stereocenters. The van der Waals surface area contributed by atoms with Crippen molar-refractivity contribution in [2.75, 3.05) is 25.0 Å². The van der Waals surface area contributed by atoms with Gasteiger partial charge in [-0.1, -0.05) is 31.2 Å². The summed E-state index contributed by atoms with van der Waals surface area (Å²) in [4.78, 5) is 12.2. The van der Waals surface area contributed by atoms with Gasteiger partial charge in [0.2, 0.25) is 0 Å². The van der Waals surface area contributed by atoms with E-state index in [1.165, 1.54) is 46.5 Å². The van der Waals surface area contributed by atoms with Gasteiger partial charge in [-0.2, -0.15) is 0 Å². The van der Waals surface area contributed by atoms with E-state index >= 15 is 0 Å². The Kier molecular flexibility index (Phi) is 3.12. The fourth-order valence-corrected chi connectivity index (χ4v) is 6.68. The van der Waals surface area contributed by atoms with Gasteiger partial charge in [0, 0.05) is 35.7 Å². The predicted molar refractivity (Wildman–Crippen MR) is 100 cm³/mol. The first kappa shape index (κ1) is 15.4. The smallest absolute Gasteiger partial charge is 0.148 e. The van der Waals surface area contributed by atoms with Crippen molar-refractivity contribution >= 4 is 12.0 Å². The Labute approximate surface area is 150 Å². The quantitative estimate of drug-likeness (QED) is 0.517. The average molecular weight is 335 g/mol. The highest BCUT2D eigenvalue weighted by Crippen LogP contribution is 2.63. The summed E-state index contributed by atoms with van der Waals surface area (Å²) in [5, 5.41) is 3.70. The fourth-order valence-electron chi connectivity index (χ4n) is 6.68. The maximum atomic E-state index is 12.2. The molecule has 5 rings (SSSR count). The van der Waals surface area contributed by atoms with Crippen LogP contribution in [0.2, 0.25) is 0 Å². The van der Waals surface area contributed by atoms with Gasteiger partial charge in [-0.25, -0.2) is 0 Å². The zero-order valence-electron chi connectivity index (χ0n) is 15.2. The zero-order chi connectivity index (χ0) is 17.2. The van der Waals surface area contributed by atoms with E-state index < -0.39 is 0 Å². The number of carbonyl (C=O) groups excluding carboxylic acids is 1. The lowest BCUT2D eigenvalue weighted by molar-refractivity contribution is -0.941. The van der Waals surface area contributed by atoms with Gasteiger partial charge in [-0.15, -0.1) is 0 Å². The molecule has 0 amide bonds. The molecule has 1 aromatic rings. The second-order valence-corrected chi connectivity index (χ2v) is 8.33. The van der Waals surface area contributed by atoms with Gasteiger partial charge in [0.25, 0.3) is 0 Å². The molecule has 3 aliphatic heterocycles. The first-order valence-electron chi connectivity index (χ1n) is 9.77. The van der Waals surface area contributed by atoms with Crippen LogP contribution < -0.4 is 5.32 Å². The highest BCUT2D eigenvalue weighted by molar-refractivity contribution is 5.84. The Morgan fingerprint density at radius 3 is 2.96 bits per heavy atom. The zero-order valence-corrected chi connectivity index (χ0v) is 15.2. The first-order valence-corrected chi connectivity index (χ1v) is 9.77. The summed E-state index contributed by atoms with van der Waals surface area (Å²) in [5.74, 6) is 0.318. The third-order valence-electron chi connectivity index (χ3n) is 7.53. The van der Waals surface area contributed by atoms with Crippen LogP contribution >= 0.6 is 0 Å². The van der Waals surface area contributed by atoms with Gasteiger partial charge >= 0.3 is 0 Å². The SMILES string of the molecule is C/C=C1/C[N@+]2(CCC)CC[C@]34C(=C(C=O)[C@H]1C[C@@H]32)Nc1ccccc14. The van der Waals surface area contributed by atoms with Crippen LogP contribution in [0.4, 0.5) is 5.69 Å². The number of nitrogens with zero attached hydrogens (tertiary/aromatic N) is 1. The van der Waals surface area contributed by atoms with Crippen LogP contribution in [0.25, 0.3) is 0 Å². The van der Waals surface area contributed by atoms with Crippen LogP contribution in [0, 0.1) is 5.92 Å². The molecule has 0 unspecified atom stereocenters. The molecular weight excluding hydrogens is 308 g/mol. The third kappa shape index (κ3) is 1.68. The van der Waals surface area contributed by atoms with E-state index in [1.807, 2.05) is 0 Å². The highest BCUT2D eigenvalue weighted by Gasteiger charge is 2.68. The van der Waals surface area contributed by atoms with Crippen molar-refractivity contribution < 1.29 is 9.28 Å². The monoisotopic (exact) mass is 335 g/mol. The van der Waals surface area contributed by atoms with Crippen LogP contribution in [0.1, 0.15) is 38.7 Å². The van der Waals surface area contributed by atoms with Crippen LogP contribution in [0.3, 0.4) is 0 Å². The molecule has 1 aromatic carbocycles. The molecule has 0 aromatic heterocycles. The van der Waals surface area contributed by atoms with Crippen molar-refractivity contribution in [3.8, 4) is 0 Å². The summed E-state index contributed by atoms with van der Waals surface area (Å²) in [6, 6.07) is 9.36. The summed E-state index contributed by atoms with van der Waals surface area (Å²) >= 11 is 0. The molecule has 3 heteroatoms. The van der Waals surface area contributed by atoms with Crippen molar-refractivity contribution in [1.82, 2.24) is 0 Å². The molecule has 25 heavy (non-hydrogen) atoms. The number of quaternary nitrogens is 1. The minimum atomic E-state index is 0.0395. The number of hydrogen-bond donors (Lipinski definition) is 1. The molecule has 2 saturated heterocycles. The molecule has 0 radical (unpaired) electrons. The summed E-state index contributed by atoms with van der Waals surface area (Å²) in [5.41, 5.74) is 6.44. The lowest BCUT2D eigenvalue weighted by Crippen LogP contribution is -2.63. The number of nitrogens with one attached hydrogen (secondary N) is 1. The normalized spacial score (nSPS) is 39.2. The Balaban J connectivity index is 1.81. The van der Waals surface area contributed by atoms with Crippen molar-refractivity contribution in [3.63, 3.8) is 0 Å². The fraction of sp³-hybridized carbons (Fsp3) is 0.500. The molecule has 0 saturated carbocycles. The number of aldehydes is 1. The van der Waals surface area contributed by atoms with Crippen LogP contribution in [-0.2, 0) is 10.2 Å². The molecule has 1 N–H and O–H groups in total. The van der Waals surface area contributed by atoms with Crippen LogP contribution in [0.5, 0.6) is 0 Å². The molecule has 3 heterocycles. The second-order valence-electron chi connectivity index (χ2n) is 8.33. The summed E-state index contributed by atoms with van der Waals surface area (Å²) in [6.45, 7) is 8.08. The van der Waals surface area contributed by atoms with E-state index in [0.29, 0.717) is 12.0 Å². The second kappa shape index (κ2) is 5.07. The molecule has 3 nitrogen and oxygen atoms in total. The molecular formula is C22H27N2O+. The Hall–Kier alpha value is -1.87. The molecule has 130 valence electrons. The number of rotatable bonds is 3. The maximum absolute atomic E-state index is 12.2. The first-order chi connectivity index (χ1) is 12.2. The van der Waals surface area contributed by atoms with Crippen molar-refractivity contribution in [2.45, 2.75) is 44.6 Å². The van der Waals surface area contributed by atoms with E-state index in [0.717, 1.165) is 31.2 Å². The molecule has 1 aliphatic carbocycles. The van der Waals surface area contributed by atoms with Gasteiger partial charge < -0.3 is 9.80 Å². The van der Waals surface area contributed by atoms with Crippen molar-refractivity contribution in [1.29, 1.82) is 0 Å². The number of anilines is 1. The molecule has 1 spiro atoms. The third-order valence-corrected chi connectivity index (χ3v) is 7.53. The molecule has 4 aliphatic rings. The summed E-state index contributed by atoms with van der Waals surface area (Å²) in [7, 11) is 0. The number of para-hydroxylation sites is 1. The Morgan fingerprint density at radius 2 is 2.20 bits per heavy atom. The minimum Gasteiger partial charge on any atom is -0.357 e. The predicted octanol–water partition coefficient (Wildman–Crippen LogP) is 3.78. The largest absolute Gasteiger partial charge is 0.357 e. The van der Waals surface area contributed by atoms with E-state index in [4.69, 9.17) is 0 Å². The number of piperidine rings is 1. The summed E-state index contributed by atoms with van der Waals surface area (Å²) in [6.07, 6.45) is 6.96.